The molecule has 13 heteroatoms. The number of likely N-dealkylation sites (tertiary alicyclic amines) is 1. The lowest BCUT2D eigenvalue weighted by atomic mass is 9.96. The van der Waals surface area contributed by atoms with E-state index in [2.05, 4.69) is 16.7 Å². The van der Waals surface area contributed by atoms with E-state index >= 15 is 0 Å². The van der Waals surface area contributed by atoms with Crippen LogP contribution in [0.3, 0.4) is 0 Å². The fraction of sp³-hybridized carbons (Fsp3) is 0.538. The van der Waals surface area contributed by atoms with Gasteiger partial charge in [-0.1, -0.05) is 29.3 Å². The molecule has 5 rings (SSSR count). The Balaban J connectivity index is 0.000000448. The number of hydrogen-bond donors (Lipinski definition) is 1. The van der Waals surface area contributed by atoms with Crippen LogP contribution in [0.5, 0.6) is 0 Å². The van der Waals surface area contributed by atoms with Crippen molar-refractivity contribution in [3.8, 4) is 0 Å². The molecule has 212 valence electrons. The number of fused-ring (bicyclic) bond motifs is 1. The van der Waals surface area contributed by atoms with Crippen LogP contribution >= 0.6 is 23.2 Å². The van der Waals surface area contributed by atoms with E-state index < -0.39 is 12.1 Å². The number of aryl methyl sites for hydroxylation is 1. The molecule has 4 heterocycles. The van der Waals surface area contributed by atoms with E-state index in [4.69, 9.17) is 48.2 Å². The van der Waals surface area contributed by atoms with Gasteiger partial charge in [-0.2, -0.15) is 18.3 Å². The summed E-state index contributed by atoms with van der Waals surface area (Å²) < 4.78 is 33.7. The van der Waals surface area contributed by atoms with Crippen LogP contribution in [0, 0.1) is 12.8 Å². The number of rotatable bonds is 5. The zero-order valence-corrected chi connectivity index (χ0v) is 23.3. The third kappa shape index (κ3) is 7.12. The number of piperidine rings is 1. The predicted octanol–water partition coefficient (Wildman–Crippen LogP) is 6.00. The average molecular weight is 587 g/mol. The molecule has 0 saturated carbocycles. The molecule has 0 aliphatic carbocycles. The van der Waals surface area contributed by atoms with Crippen molar-refractivity contribution in [3.05, 3.63) is 45.7 Å². The van der Waals surface area contributed by atoms with Crippen molar-refractivity contribution in [3.63, 3.8) is 0 Å². The molecule has 2 fully saturated rings. The van der Waals surface area contributed by atoms with Gasteiger partial charge in [0.05, 0.1) is 17.9 Å². The van der Waals surface area contributed by atoms with E-state index in [1.807, 2.05) is 29.9 Å². The van der Waals surface area contributed by atoms with Gasteiger partial charge in [-0.25, -0.2) is 19.4 Å². The number of halogens is 5. The minimum absolute atomic E-state index is 0.0771. The highest BCUT2D eigenvalue weighted by Gasteiger charge is 2.38. The Labute approximate surface area is 234 Å². The molecular weight excluding hydrogens is 556 g/mol. The highest BCUT2D eigenvalue weighted by atomic mass is 35.5. The zero-order valence-electron chi connectivity index (χ0n) is 21.8. The fourth-order valence-corrected chi connectivity index (χ4v) is 5.68. The fourth-order valence-electron chi connectivity index (χ4n) is 5.11. The minimum Gasteiger partial charge on any atom is -0.475 e. The van der Waals surface area contributed by atoms with Gasteiger partial charge >= 0.3 is 12.1 Å². The number of carbonyl (C=O) groups is 1. The summed E-state index contributed by atoms with van der Waals surface area (Å²) in [6, 6.07) is 5.52. The molecule has 0 spiro atoms. The normalized spacial score (nSPS) is 17.8. The largest absolute Gasteiger partial charge is 0.490 e. The molecule has 1 N–H and O–H groups in total. The highest BCUT2D eigenvalue weighted by molar-refractivity contribution is 6.35. The average Bonchev–Trinajstić information content (AvgIpc) is 3.51. The van der Waals surface area contributed by atoms with Gasteiger partial charge in [0.15, 0.2) is 5.65 Å². The first-order valence-corrected chi connectivity index (χ1v) is 13.6. The van der Waals surface area contributed by atoms with Gasteiger partial charge < -0.3 is 14.9 Å². The van der Waals surface area contributed by atoms with Crippen LogP contribution in [0.4, 0.5) is 19.0 Å². The van der Waals surface area contributed by atoms with Crippen molar-refractivity contribution in [1.82, 2.24) is 24.6 Å². The molecule has 2 aliphatic heterocycles. The van der Waals surface area contributed by atoms with E-state index in [1.165, 1.54) is 45.3 Å². The van der Waals surface area contributed by atoms with Crippen molar-refractivity contribution < 1.29 is 23.1 Å². The number of nitrogens with zero attached hydrogens (tertiary/aromatic N) is 6. The van der Waals surface area contributed by atoms with Crippen LogP contribution in [0.1, 0.15) is 49.9 Å². The van der Waals surface area contributed by atoms with Crippen molar-refractivity contribution >= 4 is 46.2 Å². The van der Waals surface area contributed by atoms with Crippen molar-refractivity contribution in [2.45, 2.75) is 51.7 Å². The van der Waals surface area contributed by atoms with Crippen LogP contribution in [0.15, 0.2) is 24.4 Å². The van der Waals surface area contributed by atoms with E-state index in [-0.39, 0.29) is 6.04 Å². The molecule has 2 aromatic heterocycles. The Morgan fingerprint density at radius 1 is 1.15 bits per heavy atom. The number of carboxylic acid groups (broad SMARTS) is 1. The summed E-state index contributed by atoms with van der Waals surface area (Å²) in [4.78, 5) is 23.7. The zero-order chi connectivity index (χ0) is 28.3. The lowest BCUT2D eigenvalue weighted by molar-refractivity contribution is -0.192. The van der Waals surface area contributed by atoms with E-state index in [0.717, 1.165) is 47.2 Å². The second-order valence-electron chi connectivity index (χ2n) is 10.0. The predicted molar refractivity (Wildman–Crippen MR) is 145 cm³/mol. The van der Waals surface area contributed by atoms with Gasteiger partial charge in [0.25, 0.3) is 0 Å². The maximum atomic E-state index is 10.6. The van der Waals surface area contributed by atoms with E-state index in [0.29, 0.717) is 10.0 Å². The number of anilines is 1. The molecule has 0 bridgehead atoms. The topological polar surface area (TPSA) is 87.4 Å². The first-order valence-electron chi connectivity index (χ1n) is 12.9. The quantitative estimate of drug-likeness (QED) is 0.392. The maximum Gasteiger partial charge on any atom is 0.490 e. The molecular formula is C26H31Cl2F3N6O2. The van der Waals surface area contributed by atoms with Crippen molar-refractivity contribution in [2.24, 2.45) is 5.92 Å². The van der Waals surface area contributed by atoms with Crippen LogP contribution in [0.2, 0.25) is 10.0 Å². The van der Waals surface area contributed by atoms with Gasteiger partial charge in [0.1, 0.15) is 11.3 Å². The maximum absolute atomic E-state index is 10.6. The van der Waals surface area contributed by atoms with Crippen LogP contribution in [-0.2, 0) is 4.79 Å². The Hall–Kier alpha value is -2.63. The Morgan fingerprint density at radius 2 is 1.79 bits per heavy atom. The lowest BCUT2D eigenvalue weighted by Crippen LogP contribution is -2.38. The summed E-state index contributed by atoms with van der Waals surface area (Å²) >= 11 is 12.6. The van der Waals surface area contributed by atoms with Crippen molar-refractivity contribution in [1.29, 1.82) is 0 Å². The van der Waals surface area contributed by atoms with Gasteiger partial charge in [-0.3, -0.25) is 0 Å². The monoisotopic (exact) mass is 586 g/mol. The highest BCUT2D eigenvalue weighted by Crippen LogP contribution is 2.31. The van der Waals surface area contributed by atoms with Crippen molar-refractivity contribution in [2.75, 3.05) is 37.6 Å². The van der Waals surface area contributed by atoms with Crippen LogP contribution in [-0.4, -0.2) is 74.6 Å². The van der Waals surface area contributed by atoms with E-state index in [9.17, 15) is 13.2 Å². The van der Waals surface area contributed by atoms with Gasteiger partial charge in [-0.05, 0) is 76.2 Å². The Bertz CT molecular complexity index is 1300. The molecule has 8 nitrogen and oxygen atoms in total. The van der Waals surface area contributed by atoms with Crippen LogP contribution < -0.4 is 4.90 Å². The van der Waals surface area contributed by atoms with Gasteiger partial charge in [0.2, 0.25) is 0 Å². The second kappa shape index (κ2) is 12.3. The lowest BCUT2D eigenvalue weighted by Gasteiger charge is -2.34. The summed E-state index contributed by atoms with van der Waals surface area (Å²) in [6.45, 7) is 9.94. The van der Waals surface area contributed by atoms with Gasteiger partial charge in [0, 0.05) is 29.7 Å². The molecule has 39 heavy (non-hydrogen) atoms. The second-order valence-corrected chi connectivity index (χ2v) is 10.9. The molecule has 3 aromatic rings. The third-order valence-corrected chi connectivity index (χ3v) is 7.80. The smallest absolute Gasteiger partial charge is 0.475 e. The number of aliphatic carboxylic acids is 1. The number of alkyl halides is 3. The van der Waals surface area contributed by atoms with Crippen LogP contribution in [0.25, 0.3) is 11.2 Å². The summed E-state index contributed by atoms with van der Waals surface area (Å²) in [7, 11) is 0. The Morgan fingerprint density at radius 3 is 2.38 bits per heavy atom. The molecule has 1 atom stereocenters. The standard InChI is InChI=1S/C24H30Cl2N6.C2HF3O2/c1-16-23-24(32(29-16)17(2)20-6-5-19(25)13-21(20)26)28-22(14-27-23)31-11-7-18(8-12-31)15-30-9-3-4-10-30;3-2(4,5)1(6)7/h5-6,13-14,17-18H,3-4,7-12,15H2,1-2H3;(H,6,7)/t17-;/m1./s1. The summed E-state index contributed by atoms with van der Waals surface area (Å²) in [5.74, 6) is -1.03. The molecule has 0 unspecified atom stereocenters. The Kier molecular flexibility index (Phi) is 9.23. The molecule has 0 amide bonds. The summed E-state index contributed by atoms with van der Waals surface area (Å²) in [5.41, 5.74) is 3.49. The SMILES string of the molecule is Cc1nn([C@H](C)c2ccc(Cl)cc2Cl)c2nc(N3CCC(CN4CCCC4)CC3)cnc12.O=C(O)C(F)(F)F. The van der Waals surface area contributed by atoms with Gasteiger partial charge in [-0.15, -0.1) is 0 Å². The number of benzene rings is 1. The van der Waals surface area contributed by atoms with E-state index in [1.54, 1.807) is 6.07 Å². The molecule has 2 saturated heterocycles. The number of hydrogen-bond acceptors (Lipinski definition) is 6. The summed E-state index contributed by atoms with van der Waals surface area (Å²) in [5, 5.41) is 13.1. The molecule has 1 aromatic carbocycles. The minimum atomic E-state index is -5.08. The summed E-state index contributed by atoms with van der Waals surface area (Å²) in [6.07, 6.45) is 1.97. The molecule has 2 aliphatic rings. The molecule has 0 radical (unpaired) electrons. The first kappa shape index (κ1) is 29.4. The first-order chi connectivity index (χ1) is 18.4. The number of carboxylic acids is 1. The third-order valence-electron chi connectivity index (χ3n) is 7.23. The number of aromatic nitrogens is 4.